The lowest BCUT2D eigenvalue weighted by Gasteiger charge is -2.39. The summed E-state index contributed by atoms with van der Waals surface area (Å²) in [6.45, 7) is 6.47. The number of aryl methyl sites for hydroxylation is 1. The van der Waals surface area contributed by atoms with Gasteiger partial charge in [-0.1, -0.05) is 0 Å². The zero-order valence-electron chi connectivity index (χ0n) is 22.0. The van der Waals surface area contributed by atoms with Crippen molar-refractivity contribution in [3.05, 3.63) is 42.0 Å². The molecule has 0 aromatic heterocycles. The summed E-state index contributed by atoms with van der Waals surface area (Å²) in [6, 6.07) is 11.0. The van der Waals surface area contributed by atoms with E-state index in [1.165, 1.54) is 10.4 Å². The number of sulfonamides is 1. The van der Waals surface area contributed by atoms with Crippen LogP contribution < -0.4 is 19.7 Å². The summed E-state index contributed by atoms with van der Waals surface area (Å²) in [5.74, 6) is 0.509. The lowest BCUT2D eigenvalue weighted by Crippen LogP contribution is -2.53. The predicted octanol–water partition coefficient (Wildman–Crippen LogP) is 2.47. The van der Waals surface area contributed by atoms with E-state index in [0.717, 1.165) is 24.5 Å². The van der Waals surface area contributed by atoms with E-state index in [1.54, 1.807) is 27.0 Å². The fourth-order valence-electron chi connectivity index (χ4n) is 5.36. The Hall–Kier alpha value is -3.31. The highest BCUT2D eigenvalue weighted by Crippen LogP contribution is 2.36. The van der Waals surface area contributed by atoms with E-state index in [2.05, 4.69) is 10.2 Å². The second-order valence-corrected chi connectivity index (χ2v) is 12.0. The van der Waals surface area contributed by atoms with E-state index >= 15 is 0 Å². The number of fused-ring (bicyclic) bond motifs is 1. The van der Waals surface area contributed by atoms with Crippen molar-refractivity contribution in [3.8, 4) is 11.5 Å². The predicted molar refractivity (Wildman–Crippen MR) is 143 cm³/mol. The van der Waals surface area contributed by atoms with Gasteiger partial charge in [-0.05, 0) is 62.6 Å². The first kappa shape index (κ1) is 26.3. The van der Waals surface area contributed by atoms with Crippen LogP contribution in [-0.4, -0.2) is 81.9 Å². The Morgan fingerprint density at radius 3 is 2.47 bits per heavy atom. The molecule has 0 unspecified atom stereocenters. The summed E-state index contributed by atoms with van der Waals surface area (Å²) in [6.07, 6.45) is 0.581. The van der Waals surface area contributed by atoms with E-state index in [0.29, 0.717) is 49.5 Å². The number of hydrogen-bond acceptors (Lipinski definition) is 7. The molecule has 0 spiro atoms. The summed E-state index contributed by atoms with van der Waals surface area (Å²) in [5.41, 5.74) is 2.07. The second kappa shape index (κ2) is 10.5. The van der Waals surface area contributed by atoms with E-state index in [4.69, 9.17) is 9.47 Å². The number of hydrogen-bond donors (Lipinski definition) is 1. The molecule has 3 heterocycles. The van der Waals surface area contributed by atoms with Gasteiger partial charge in [0.05, 0.1) is 23.6 Å². The first-order chi connectivity index (χ1) is 18.2. The van der Waals surface area contributed by atoms with Crippen molar-refractivity contribution in [1.82, 2.24) is 9.21 Å². The number of carbonyl (C=O) groups excluding carboxylic acids is 2. The van der Waals surface area contributed by atoms with Gasteiger partial charge in [-0.25, -0.2) is 8.42 Å². The van der Waals surface area contributed by atoms with Crippen molar-refractivity contribution >= 4 is 33.2 Å². The number of piperazine rings is 1. The quantitative estimate of drug-likeness (QED) is 0.618. The monoisotopic (exact) mass is 542 g/mol. The molecule has 0 radical (unpaired) electrons. The van der Waals surface area contributed by atoms with Crippen LogP contribution in [0.2, 0.25) is 0 Å². The van der Waals surface area contributed by atoms with Gasteiger partial charge in [0, 0.05) is 51.0 Å². The number of anilines is 2. The minimum Gasteiger partial charge on any atom is -0.497 e. The van der Waals surface area contributed by atoms with Crippen LogP contribution >= 0.6 is 0 Å². The molecule has 1 N–H and O–H groups in total. The summed E-state index contributed by atoms with van der Waals surface area (Å²) >= 11 is 0. The number of piperidine rings is 1. The minimum absolute atomic E-state index is 0.0151. The maximum atomic E-state index is 13.7. The molecule has 38 heavy (non-hydrogen) atoms. The molecular formula is C27H34N4O6S. The van der Waals surface area contributed by atoms with Gasteiger partial charge in [-0.15, -0.1) is 0 Å². The average molecular weight is 543 g/mol. The van der Waals surface area contributed by atoms with E-state index in [1.807, 2.05) is 29.2 Å². The third-order valence-corrected chi connectivity index (χ3v) is 9.60. The molecule has 10 nitrogen and oxygen atoms in total. The maximum absolute atomic E-state index is 13.7. The van der Waals surface area contributed by atoms with Crippen molar-refractivity contribution in [3.63, 3.8) is 0 Å². The van der Waals surface area contributed by atoms with Gasteiger partial charge in [-0.3, -0.25) is 9.59 Å². The molecule has 0 bridgehead atoms. The Balaban J connectivity index is 1.25. The zero-order chi connectivity index (χ0) is 27.0. The molecule has 2 amide bonds. The summed E-state index contributed by atoms with van der Waals surface area (Å²) in [7, 11) is -2.21. The highest BCUT2D eigenvalue weighted by atomic mass is 32.2. The SMILES string of the molecule is COc1ccc(N2CCN(C(=O)[C@H]3CCCN(S(=O)(=O)c4cc5c(cc4C)NC(=O)[C@H](C)O5)C3)CC2)cc1. The van der Waals surface area contributed by atoms with Gasteiger partial charge in [0.15, 0.2) is 6.10 Å². The number of benzene rings is 2. The van der Waals surface area contributed by atoms with E-state index in [-0.39, 0.29) is 29.2 Å². The molecule has 204 valence electrons. The molecule has 11 heteroatoms. The third-order valence-electron chi connectivity index (χ3n) is 7.59. The highest BCUT2D eigenvalue weighted by Gasteiger charge is 2.37. The molecule has 3 aliphatic heterocycles. The molecule has 0 saturated carbocycles. The van der Waals surface area contributed by atoms with Gasteiger partial charge in [0.2, 0.25) is 15.9 Å². The van der Waals surface area contributed by atoms with Gasteiger partial charge in [0.1, 0.15) is 11.5 Å². The molecule has 0 aliphatic carbocycles. The Labute approximate surface area is 223 Å². The van der Waals surface area contributed by atoms with Gasteiger partial charge >= 0.3 is 0 Å². The van der Waals surface area contributed by atoms with Crippen molar-refractivity contribution in [1.29, 1.82) is 0 Å². The fourth-order valence-corrected chi connectivity index (χ4v) is 7.10. The van der Waals surface area contributed by atoms with Crippen molar-refractivity contribution in [2.24, 2.45) is 5.92 Å². The summed E-state index contributed by atoms with van der Waals surface area (Å²) < 4.78 is 39.6. The number of methoxy groups -OCH3 is 1. The topological polar surface area (TPSA) is 108 Å². The molecule has 2 aromatic carbocycles. The van der Waals surface area contributed by atoms with Crippen LogP contribution in [0.5, 0.6) is 11.5 Å². The Morgan fingerprint density at radius 2 is 1.79 bits per heavy atom. The highest BCUT2D eigenvalue weighted by molar-refractivity contribution is 7.89. The van der Waals surface area contributed by atoms with Crippen molar-refractivity contribution in [2.75, 3.05) is 56.6 Å². The number of amides is 2. The second-order valence-electron chi connectivity index (χ2n) is 10.1. The number of nitrogens with zero attached hydrogens (tertiary/aromatic N) is 3. The fraction of sp³-hybridized carbons (Fsp3) is 0.481. The van der Waals surface area contributed by atoms with Crippen LogP contribution in [0.15, 0.2) is 41.3 Å². The summed E-state index contributed by atoms with van der Waals surface area (Å²) in [5, 5.41) is 2.75. The van der Waals surface area contributed by atoms with Crippen LogP contribution in [0, 0.1) is 12.8 Å². The smallest absolute Gasteiger partial charge is 0.265 e. The average Bonchev–Trinajstić information content (AvgIpc) is 2.93. The molecule has 2 fully saturated rings. The Kier molecular flexibility index (Phi) is 7.23. The van der Waals surface area contributed by atoms with Crippen LogP contribution in [0.1, 0.15) is 25.3 Å². The first-order valence-electron chi connectivity index (χ1n) is 13.0. The lowest BCUT2D eigenvalue weighted by molar-refractivity contribution is -0.137. The third kappa shape index (κ3) is 5.04. The van der Waals surface area contributed by atoms with Crippen LogP contribution in [0.3, 0.4) is 0 Å². The molecule has 5 rings (SSSR count). The number of carbonyl (C=O) groups is 2. The van der Waals surface area contributed by atoms with Gasteiger partial charge in [0.25, 0.3) is 5.91 Å². The lowest BCUT2D eigenvalue weighted by atomic mass is 9.97. The maximum Gasteiger partial charge on any atom is 0.265 e. The summed E-state index contributed by atoms with van der Waals surface area (Å²) in [4.78, 5) is 29.6. The molecule has 2 saturated heterocycles. The normalized spacial score (nSPS) is 22.3. The molecular weight excluding hydrogens is 508 g/mol. The van der Waals surface area contributed by atoms with E-state index < -0.39 is 16.1 Å². The van der Waals surface area contributed by atoms with Gasteiger partial charge in [-0.2, -0.15) is 4.31 Å². The van der Waals surface area contributed by atoms with Crippen molar-refractivity contribution < 1.29 is 27.5 Å². The van der Waals surface area contributed by atoms with E-state index in [9.17, 15) is 18.0 Å². The number of ether oxygens (including phenoxy) is 2. The van der Waals surface area contributed by atoms with Crippen LogP contribution in [0.25, 0.3) is 0 Å². The van der Waals surface area contributed by atoms with Crippen LogP contribution in [0.4, 0.5) is 11.4 Å². The Bertz CT molecular complexity index is 1320. The largest absolute Gasteiger partial charge is 0.497 e. The number of rotatable bonds is 5. The minimum atomic E-state index is -3.85. The number of nitrogens with one attached hydrogen (secondary N) is 1. The van der Waals surface area contributed by atoms with Crippen molar-refractivity contribution in [2.45, 2.75) is 37.7 Å². The molecule has 2 aromatic rings. The van der Waals surface area contributed by atoms with Crippen LogP contribution in [-0.2, 0) is 19.6 Å². The Morgan fingerprint density at radius 1 is 1.08 bits per heavy atom. The zero-order valence-corrected chi connectivity index (χ0v) is 22.8. The standard InChI is InChI=1S/C27H34N4O6S/c1-18-15-23-24(37-19(2)26(32)28-23)16-25(18)38(34,35)31-10-4-5-20(17-31)27(33)30-13-11-29(12-14-30)21-6-8-22(36-3)9-7-21/h6-9,15-16,19-20H,4-5,10-14,17H2,1-3H3,(H,28,32)/t19-,20-/m0/s1. The van der Waals surface area contributed by atoms with Gasteiger partial charge < -0.3 is 24.6 Å². The first-order valence-corrected chi connectivity index (χ1v) is 14.4. The molecule has 2 atom stereocenters. The molecule has 3 aliphatic rings.